The highest BCUT2D eigenvalue weighted by Gasteiger charge is 2.25. The van der Waals surface area contributed by atoms with E-state index in [9.17, 15) is 0 Å². The van der Waals surface area contributed by atoms with Gasteiger partial charge in [-0.05, 0) is 92.1 Å². The van der Waals surface area contributed by atoms with E-state index in [1.807, 2.05) is 36.7 Å². The monoisotopic (exact) mass is 875 g/mol. The topological polar surface area (TPSA) is 57.8 Å². The van der Waals surface area contributed by atoms with E-state index in [1.54, 1.807) is 0 Å². The summed E-state index contributed by atoms with van der Waals surface area (Å²) in [7, 11) is 0. The lowest BCUT2D eigenvalue weighted by Crippen LogP contribution is -2.15. The molecule has 3 aromatic heterocycles. The summed E-state index contributed by atoms with van der Waals surface area (Å²) in [6, 6.07) is 60.1. The number of pyridine rings is 1. The smallest absolute Gasteiger partial charge is 0.168 e. The number of rotatable bonds is 8. The summed E-state index contributed by atoms with van der Waals surface area (Å²) >= 11 is 0. The second kappa shape index (κ2) is 16.7. The van der Waals surface area contributed by atoms with Crippen molar-refractivity contribution in [2.45, 2.75) is 78.6 Å². The Hall–Kier alpha value is -7.57. The van der Waals surface area contributed by atoms with Crippen LogP contribution in [0.25, 0.3) is 78.1 Å². The molecule has 0 radical (unpaired) electrons. The van der Waals surface area contributed by atoms with Gasteiger partial charge in [0.25, 0.3) is 0 Å². The first-order valence-electron chi connectivity index (χ1n) is 23.2. The van der Waals surface area contributed by atoms with Crippen molar-refractivity contribution in [3.8, 4) is 67.8 Å². The molecule has 7 aromatic carbocycles. The zero-order valence-electron chi connectivity index (χ0n) is 40.0. The predicted octanol–water partition coefficient (Wildman–Crippen LogP) is 16.1. The van der Waals surface area contributed by atoms with Crippen LogP contribution >= 0.6 is 0 Å². The van der Waals surface area contributed by atoms with E-state index in [-0.39, 0.29) is 16.2 Å². The molecule has 67 heavy (non-hydrogen) atoms. The number of aromatic nitrogens is 5. The van der Waals surface area contributed by atoms with Crippen molar-refractivity contribution in [2.75, 3.05) is 0 Å². The first-order chi connectivity index (χ1) is 32.1. The van der Waals surface area contributed by atoms with Crippen LogP contribution in [0.15, 0.2) is 182 Å². The van der Waals surface area contributed by atoms with E-state index >= 15 is 0 Å². The van der Waals surface area contributed by atoms with E-state index in [4.69, 9.17) is 14.8 Å². The Kier molecular flexibility index (Phi) is 10.8. The average molecular weight is 876 g/mol. The summed E-state index contributed by atoms with van der Waals surface area (Å²) in [4.78, 5) is 5.26. The molecule has 10 aromatic rings. The van der Waals surface area contributed by atoms with Gasteiger partial charge in [0, 0.05) is 45.3 Å². The maximum Gasteiger partial charge on any atom is 0.168 e. The Bertz CT molecular complexity index is 3360. The van der Waals surface area contributed by atoms with Crippen LogP contribution in [0.5, 0.6) is 11.5 Å². The molecular weight excluding hydrogens is 819 g/mol. The minimum atomic E-state index is -0.149. The average Bonchev–Trinajstić information content (AvgIpc) is 3.94. The predicted molar refractivity (Wildman–Crippen MR) is 278 cm³/mol. The maximum atomic E-state index is 6.82. The lowest BCUT2D eigenvalue weighted by Gasteiger charge is -2.25. The van der Waals surface area contributed by atoms with Crippen LogP contribution < -0.4 is 4.74 Å². The number of hydrogen-bond acceptors (Lipinski definition) is 4. The first-order valence-corrected chi connectivity index (χ1v) is 23.2. The number of hydrogen-bond donors (Lipinski definition) is 0. The standard InChI is InChI=1S/C61H57N5O/c1-59(2,3)44-28-26-42(27-29-44)52-38-62-56(37-53(52)61(7,8)9)66-54-33-30-45(60(4,5)6)35-51(54)50-32-31-47(36-55(50)66)67-46-23-16-22-43(34-46)58-64-63-39-65(58)57-48(40-18-12-10-13-19-40)24-17-25-49(57)41-20-14-11-15-21-41/h10-39H,1-9H3. The van der Waals surface area contributed by atoms with Gasteiger partial charge in [0.2, 0.25) is 0 Å². The van der Waals surface area contributed by atoms with Gasteiger partial charge in [-0.2, -0.15) is 0 Å². The van der Waals surface area contributed by atoms with E-state index in [0.717, 1.165) is 67.1 Å². The van der Waals surface area contributed by atoms with Crippen LogP contribution in [-0.4, -0.2) is 24.3 Å². The van der Waals surface area contributed by atoms with Crippen LogP contribution in [0.1, 0.15) is 79.0 Å². The molecule has 0 aliphatic heterocycles. The zero-order valence-corrected chi connectivity index (χ0v) is 40.0. The summed E-state index contributed by atoms with van der Waals surface area (Å²) < 4.78 is 11.2. The van der Waals surface area contributed by atoms with Crippen molar-refractivity contribution < 1.29 is 4.74 Å². The van der Waals surface area contributed by atoms with Gasteiger partial charge >= 0.3 is 0 Å². The van der Waals surface area contributed by atoms with Gasteiger partial charge in [0.15, 0.2) is 5.82 Å². The van der Waals surface area contributed by atoms with Crippen LogP contribution in [0, 0.1) is 0 Å². The Morgan fingerprint density at radius 2 is 1.04 bits per heavy atom. The molecule has 10 rings (SSSR count). The Labute approximate surface area is 394 Å². The van der Waals surface area contributed by atoms with Crippen LogP contribution in [0.4, 0.5) is 0 Å². The Balaban J connectivity index is 1.07. The first kappa shape index (κ1) is 43.3. The highest BCUT2D eigenvalue weighted by Crippen LogP contribution is 2.42. The van der Waals surface area contributed by atoms with Gasteiger partial charge in [-0.15, -0.1) is 10.2 Å². The maximum absolute atomic E-state index is 6.82. The third-order valence-corrected chi connectivity index (χ3v) is 12.9. The molecule has 0 aliphatic carbocycles. The fourth-order valence-corrected chi connectivity index (χ4v) is 9.28. The SMILES string of the molecule is CC(C)(C)c1ccc(-c2cnc(-n3c4ccc(C(C)(C)C)cc4c4ccc(Oc5cccc(-c6nncn6-c6c(-c7ccccc7)cccc6-c6ccccc6)c5)cc43)cc2C(C)(C)C)cc1. The number of para-hydroxylation sites is 1. The molecule has 0 saturated heterocycles. The van der Waals surface area contributed by atoms with Crippen LogP contribution in [-0.2, 0) is 16.2 Å². The number of fused-ring (bicyclic) bond motifs is 3. The minimum Gasteiger partial charge on any atom is -0.457 e. The molecular formula is C61H57N5O. The lowest BCUT2D eigenvalue weighted by atomic mass is 9.81. The van der Waals surface area contributed by atoms with Gasteiger partial charge in [0.05, 0.1) is 16.7 Å². The van der Waals surface area contributed by atoms with Crippen molar-refractivity contribution in [2.24, 2.45) is 0 Å². The summed E-state index contributed by atoms with van der Waals surface area (Å²) in [5.74, 6) is 3.00. The largest absolute Gasteiger partial charge is 0.457 e. The van der Waals surface area contributed by atoms with Crippen molar-refractivity contribution in [3.05, 3.63) is 199 Å². The second-order valence-corrected chi connectivity index (χ2v) is 20.7. The highest BCUT2D eigenvalue weighted by atomic mass is 16.5. The van der Waals surface area contributed by atoms with Gasteiger partial charge in [0.1, 0.15) is 23.6 Å². The zero-order chi connectivity index (χ0) is 46.7. The lowest BCUT2D eigenvalue weighted by molar-refractivity contribution is 0.483. The highest BCUT2D eigenvalue weighted by molar-refractivity contribution is 6.10. The minimum absolute atomic E-state index is 0.0184. The fraction of sp³-hybridized carbons (Fsp3) is 0.197. The fourth-order valence-electron chi connectivity index (χ4n) is 9.28. The molecule has 6 nitrogen and oxygen atoms in total. The van der Waals surface area contributed by atoms with Crippen molar-refractivity contribution >= 4 is 21.8 Å². The summed E-state index contributed by atoms with van der Waals surface area (Å²) in [5, 5.41) is 11.5. The third-order valence-electron chi connectivity index (χ3n) is 12.9. The van der Waals surface area contributed by atoms with Crippen LogP contribution in [0.3, 0.4) is 0 Å². The third kappa shape index (κ3) is 8.33. The quantitative estimate of drug-likeness (QED) is 0.153. The van der Waals surface area contributed by atoms with E-state index in [2.05, 4.69) is 222 Å². The van der Waals surface area contributed by atoms with Crippen molar-refractivity contribution in [1.82, 2.24) is 24.3 Å². The molecule has 0 unspecified atom stereocenters. The number of benzene rings is 7. The molecule has 6 heteroatoms. The van der Waals surface area contributed by atoms with Gasteiger partial charge in [-0.25, -0.2) is 4.98 Å². The summed E-state index contributed by atoms with van der Waals surface area (Å²) in [5.41, 5.74) is 14.5. The normalized spacial score (nSPS) is 12.3. The van der Waals surface area contributed by atoms with Crippen molar-refractivity contribution in [1.29, 1.82) is 0 Å². The van der Waals surface area contributed by atoms with Gasteiger partial charge < -0.3 is 4.74 Å². The summed E-state index contributed by atoms with van der Waals surface area (Å²) in [6.45, 7) is 20.4. The molecule has 0 N–H and O–H groups in total. The van der Waals surface area contributed by atoms with Crippen molar-refractivity contribution in [3.63, 3.8) is 0 Å². The van der Waals surface area contributed by atoms with E-state index < -0.39 is 0 Å². The summed E-state index contributed by atoms with van der Waals surface area (Å²) in [6.07, 6.45) is 3.87. The molecule has 3 heterocycles. The van der Waals surface area contributed by atoms with E-state index in [1.165, 1.54) is 27.6 Å². The Morgan fingerprint density at radius 1 is 0.448 bits per heavy atom. The molecule has 0 spiro atoms. The van der Waals surface area contributed by atoms with Crippen LogP contribution in [0.2, 0.25) is 0 Å². The Morgan fingerprint density at radius 3 is 1.69 bits per heavy atom. The van der Waals surface area contributed by atoms with Gasteiger partial charge in [-0.1, -0.05) is 184 Å². The molecule has 0 saturated carbocycles. The molecule has 332 valence electrons. The molecule has 0 bridgehead atoms. The molecule has 0 atom stereocenters. The number of nitrogens with zero attached hydrogens (tertiary/aromatic N) is 5. The second-order valence-electron chi connectivity index (χ2n) is 20.7. The molecule has 0 amide bonds. The van der Waals surface area contributed by atoms with E-state index in [0.29, 0.717) is 11.6 Å². The number of ether oxygens (including phenoxy) is 1. The van der Waals surface area contributed by atoms with Gasteiger partial charge in [-0.3, -0.25) is 9.13 Å². The molecule has 0 fully saturated rings. The molecule has 0 aliphatic rings.